The quantitative estimate of drug-likeness (QED) is 0.325. The molecule has 0 spiro atoms. The normalized spacial score (nSPS) is 15.2. The van der Waals surface area contributed by atoms with Crippen LogP contribution in [0.5, 0.6) is 5.75 Å². The maximum absolute atomic E-state index is 13.7. The number of aryl methyl sites for hydroxylation is 1. The van der Waals surface area contributed by atoms with E-state index in [9.17, 15) is 10.1 Å². The van der Waals surface area contributed by atoms with Crippen molar-refractivity contribution in [3.63, 3.8) is 0 Å². The molecule has 0 aromatic heterocycles. The molecular formula is C29H26BrN3O2S. The smallest absolute Gasteiger partial charge is 0.254 e. The number of rotatable bonds is 7. The highest BCUT2D eigenvalue weighted by molar-refractivity contribution is 9.10. The van der Waals surface area contributed by atoms with E-state index in [1.165, 1.54) is 5.56 Å². The number of allylic oxidation sites excluding steroid dienone is 2. The lowest BCUT2D eigenvalue weighted by atomic mass is 9.82. The summed E-state index contributed by atoms with van der Waals surface area (Å²) in [5, 5.41) is 17.4. The van der Waals surface area contributed by atoms with Gasteiger partial charge in [-0.05, 0) is 43.2 Å². The zero-order valence-electron chi connectivity index (χ0n) is 20.3. The maximum Gasteiger partial charge on any atom is 0.254 e. The Hall–Kier alpha value is -3.47. The maximum atomic E-state index is 13.7. The van der Waals surface area contributed by atoms with Crippen LogP contribution in [0.3, 0.4) is 0 Å². The van der Waals surface area contributed by atoms with Crippen molar-refractivity contribution < 1.29 is 9.53 Å². The number of anilines is 1. The van der Waals surface area contributed by atoms with Crippen LogP contribution < -0.4 is 15.4 Å². The molecule has 1 atom stereocenters. The molecule has 4 rings (SSSR count). The summed E-state index contributed by atoms with van der Waals surface area (Å²) in [5.74, 6) is 0.435. The molecule has 36 heavy (non-hydrogen) atoms. The summed E-state index contributed by atoms with van der Waals surface area (Å²) >= 11 is 5.21. The monoisotopic (exact) mass is 559 g/mol. The average molecular weight is 561 g/mol. The average Bonchev–Trinajstić information content (AvgIpc) is 2.88. The van der Waals surface area contributed by atoms with Gasteiger partial charge in [0.05, 0.1) is 35.4 Å². The van der Waals surface area contributed by atoms with E-state index in [2.05, 4.69) is 63.8 Å². The van der Waals surface area contributed by atoms with Gasteiger partial charge in [0, 0.05) is 21.5 Å². The lowest BCUT2D eigenvalue weighted by molar-refractivity contribution is -0.113. The summed E-state index contributed by atoms with van der Waals surface area (Å²) in [6, 6.07) is 25.7. The number of nitrogens with one attached hydrogen (secondary N) is 2. The van der Waals surface area contributed by atoms with E-state index < -0.39 is 5.92 Å². The molecule has 0 bridgehead atoms. The summed E-state index contributed by atoms with van der Waals surface area (Å²) in [7, 11) is 1.57. The third-order valence-electron chi connectivity index (χ3n) is 5.97. The Balaban J connectivity index is 1.74. The number of thioether (sulfide) groups is 1. The molecule has 3 aromatic carbocycles. The topological polar surface area (TPSA) is 74.2 Å². The highest BCUT2D eigenvalue weighted by Crippen LogP contribution is 2.44. The highest BCUT2D eigenvalue weighted by Gasteiger charge is 2.35. The van der Waals surface area contributed by atoms with Crippen LogP contribution >= 0.6 is 27.7 Å². The van der Waals surface area contributed by atoms with Crippen molar-refractivity contribution in [1.29, 1.82) is 5.26 Å². The Labute approximate surface area is 224 Å². The van der Waals surface area contributed by atoms with Gasteiger partial charge >= 0.3 is 0 Å². The van der Waals surface area contributed by atoms with Gasteiger partial charge in [0.2, 0.25) is 0 Å². The minimum Gasteiger partial charge on any atom is -0.495 e. The van der Waals surface area contributed by atoms with Gasteiger partial charge < -0.3 is 15.4 Å². The molecule has 1 unspecified atom stereocenters. The van der Waals surface area contributed by atoms with E-state index in [1.54, 1.807) is 31.0 Å². The molecule has 1 aliphatic rings. The number of benzene rings is 3. The molecule has 3 aromatic rings. The van der Waals surface area contributed by atoms with Crippen molar-refractivity contribution in [2.45, 2.75) is 25.5 Å². The largest absolute Gasteiger partial charge is 0.495 e. The molecule has 0 saturated carbocycles. The van der Waals surface area contributed by atoms with Crippen LogP contribution in [0.2, 0.25) is 0 Å². The van der Waals surface area contributed by atoms with Gasteiger partial charge in [0.1, 0.15) is 5.75 Å². The molecule has 0 fully saturated rings. The number of carbonyl (C=O) groups excluding carboxylic acids is 1. The highest BCUT2D eigenvalue weighted by atomic mass is 79.9. The summed E-state index contributed by atoms with van der Waals surface area (Å²) in [6.07, 6.45) is 0. The second-order valence-corrected chi connectivity index (χ2v) is 10.2. The zero-order valence-corrected chi connectivity index (χ0v) is 22.7. The minimum absolute atomic E-state index is 0.291. The Morgan fingerprint density at radius 2 is 1.78 bits per heavy atom. The molecule has 1 aliphatic heterocycles. The second kappa shape index (κ2) is 11.5. The van der Waals surface area contributed by atoms with E-state index in [-0.39, 0.29) is 5.91 Å². The van der Waals surface area contributed by atoms with E-state index in [0.717, 1.165) is 20.6 Å². The molecule has 0 saturated heterocycles. The Morgan fingerprint density at radius 3 is 2.47 bits per heavy atom. The number of carbonyl (C=O) groups is 1. The van der Waals surface area contributed by atoms with E-state index in [0.29, 0.717) is 34.0 Å². The first-order chi connectivity index (χ1) is 17.4. The van der Waals surface area contributed by atoms with Crippen molar-refractivity contribution in [2.75, 3.05) is 12.4 Å². The predicted octanol–water partition coefficient (Wildman–Crippen LogP) is 7.03. The molecule has 1 amide bonds. The number of amides is 1. The number of methoxy groups -OCH3 is 1. The van der Waals surface area contributed by atoms with Gasteiger partial charge in [-0.2, -0.15) is 5.26 Å². The van der Waals surface area contributed by atoms with E-state index >= 15 is 0 Å². The number of ether oxygens (including phenoxy) is 1. The van der Waals surface area contributed by atoms with Crippen molar-refractivity contribution in [3.8, 4) is 11.8 Å². The standard InChI is InChI=1S/C29H26BrN3O2S/c1-18-12-14-20(15-13-18)17-36-29-22(16-31)27(21-8-4-5-9-23(21)30)26(19(2)32-29)28(34)33-24-10-6-7-11-25(24)35-3/h4-15,27,32H,17H2,1-3H3,(H,33,34). The van der Waals surface area contributed by atoms with Crippen molar-refractivity contribution >= 4 is 39.3 Å². The fraction of sp³-hybridized carbons (Fsp3) is 0.172. The molecular weight excluding hydrogens is 534 g/mol. The third-order valence-corrected chi connectivity index (χ3v) is 7.78. The molecule has 182 valence electrons. The Kier molecular flexibility index (Phi) is 8.19. The van der Waals surface area contributed by atoms with Crippen molar-refractivity contribution in [1.82, 2.24) is 5.32 Å². The van der Waals surface area contributed by atoms with Crippen molar-refractivity contribution in [3.05, 3.63) is 116 Å². The fourth-order valence-electron chi connectivity index (χ4n) is 4.13. The van der Waals surface area contributed by atoms with Gasteiger partial charge in [0.15, 0.2) is 0 Å². The summed E-state index contributed by atoms with van der Waals surface area (Å²) in [4.78, 5) is 13.7. The van der Waals surface area contributed by atoms with Gasteiger partial charge in [-0.15, -0.1) is 11.8 Å². The van der Waals surface area contributed by atoms with E-state index in [1.807, 2.05) is 43.3 Å². The SMILES string of the molecule is COc1ccccc1NC(=O)C1=C(C)NC(SCc2ccc(C)cc2)=C(C#N)C1c1ccccc1Br. The number of halogens is 1. The van der Waals surface area contributed by atoms with Crippen LogP contribution in [0.15, 0.2) is 99.1 Å². The number of dihydropyridines is 1. The van der Waals surface area contributed by atoms with Gasteiger partial charge in [-0.3, -0.25) is 4.79 Å². The van der Waals surface area contributed by atoms with Crippen LogP contribution in [0.4, 0.5) is 5.69 Å². The molecule has 1 heterocycles. The van der Waals surface area contributed by atoms with Gasteiger partial charge in [-0.1, -0.05) is 76.1 Å². The molecule has 0 aliphatic carbocycles. The Morgan fingerprint density at radius 1 is 1.08 bits per heavy atom. The molecule has 0 radical (unpaired) electrons. The summed E-state index contributed by atoms with van der Waals surface area (Å²) in [5.41, 5.74) is 5.49. The van der Waals surface area contributed by atoms with Crippen LogP contribution in [0.25, 0.3) is 0 Å². The fourth-order valence-corrected chi connectivity index (χ4v) is 5.69. The predicted molar refractivity (Wildman–Crippen MR) is 149 cm³/mol. The molecule has 2 N–H and O–H groups in total. The molecule has 7 heteroatoms. The minimum atomic E-state index is -0.540. The van der Waals surface area contributed by atoms with Crippen LogP contribution in [0.1, 0.15) is 29.5 Å². The first-order valence-corrected chi connectivity index (χ1v) is 13.2. The number of nitriles is 1. The van der Waals surface area contributed by atoms with Gasteiger partial charge in [0.25, 0.3) is 5.91 Å². The van der Waals surface area contributed by atoms with Crippen LogP contribution in [0, 0.1) is 18.3 Å². The zero-order chi connectivity index (χ0) is 25.7. The number of nitrogens with zero attached hydrogens (tertiary/aromatic N) is 1. The molecule has 5 nitrogen and oxygen atoms in total. The summed E-state index contributed by atoms with van der Waals surface area (Å²) < 4.78 is 6.25. The van der Waals surface area contributed by atoms with Crippen molar-refractivity contribution in [2.24, 2.45) is 0 Å². The van der Waals surface area contributed by atoms with Crippen LogP contribution in [-0.2, 0) is 10.5 Å². The third kappa shape index (κ3) is 5.51. The summed E-state index contributed by atoms with van der Waals surface area (Å²) in [6.45, 7) is 3.94. The van der Waals surface area contributed by atoms with Gasteiger partial charge in [-0.25, -0.2) is 0 Å². The van der Waals surface area contributed by atoms with E-state index in [4.69, 9.17) is 4.74 Å². The Bertz CT molecular complexity index is 1390. The van der Waals surface area contributed by atoms with Crippen LogP contribution in [-0.4, -0.2) is 13.0 Å². The lowest BCUT2D eigenvalue weighted by Gasteiger charge is -2.30. The number of hydrogen-bond donors (Lipinski definition) is 2. The lowest BCUT2D eigenvalue weighted by Crippen LogP contribution is -2.31. The number of hydrogen-bond acceptors (Lipinski definition) is 5. The second-order valence-electron chi connectivity index (χ2n) is 8.40. The first kappa shape index (κ1) is 25.6. The first-order valence-electron chi connectivity index (χ1n) is 11.4. The number of para-hydroxylation sites is 2.